The summed E-state index contributed by atoms with van der Waals surface area (Å²) in [5.41, 5.74) is -0.524. The minimum absolute atomic E-state index is 0.0302. The molecule has 0 bridgehead atoms. The molecule has 0 atom stereocenters. The predicted octanol–water partition coefficient (Wildman–Crippen LogP) is 1.75. The first kappa shape index (κ1) is 12.9. The van der Waals surface area contributed by atoms with Gasteiger partial charge < -0.3 is 15.3 Å². The molecular formula is C13H20N2O3. The van der Waals surface area contributed by atoms with E-state index in [2.05, 4.69) is 11.4 Å². The Bertz CT molecular complexity index is 359. The highest BCUT2D eigenvalue weighted by atomic mass is 16.4. The van der Waals surface area contributed by atoms with E-state index >= 15 is 0 Å². The van der Waals surface area contributed by atoms with Crippen LogP contribution in [0.3, 0.4) is 0 Å². The molecule has 1 fully saturated rings. The van der Waals surface area contributed by atoms with Gasteiger partial charge in [0.25, 0.3) is 0 Å². The quantitative estimate of drug-likeness (QED) is 0.752. The Morgan fingerprint density at radius 2 is 2.00 bits per heavy atom. The van der Waals surface area contributed by atoms with E-state index < -0.39 is 11.5 Å². The van der Waals surface area contributed by atoms with Crippen molar-refractivity contribution in [1.29, 1.82) is 0 Å². The molecule has 0 aromatic rings. The SMILES string of the molecule is O=C(O)CC1(NC(=O)N2CC=CCC2)CCCC1. The first-order valence-corrected chi connectivity index (χ1v) is 6.55. The maximum atomic E-state index is 12.1. The van der Waals surface area contributed by atoms with Crippen molar-refractivity contribution >= 4 is 12.0 Å². The molecule has 2 amide bonds. The van der Waals surface area contributed by atoms with Gasteiger partial charge in [-0.3, -0.25) is 4.79 Å². The third-order valence-electron chi connectivity index (χ3n) is 3.77. The standard InChI is InChI=1S/C13H20N2O3/c16-11(17)10-13(6-2-3-7-13)14-12(18)15-8-4-1-5-9-15/h1,4H,2-3,5-10H2,(H,14,18)(H,16,17). The van der Waals surface area contributed by atoms with E-state index in [4.69, 9.17) is 5.11 Å². The second-order valence-electron chi connectivity index (χ2n) is 5.19. The Morgan fingerprint density at radius 3 is 2.56 bits per heavy atom. The summed E-state index contributed by atoms with van der Waals surface area (Å²) in [6.07, 6.45) is 8.47. The van der Waals surface area contributed by atoms with Crippen LogP contribution >= 0.6 is 0 Å². The fourth-order valence-electron chi connectivity index (χ4n) is 2.82. The number of hydrogen-bond acceptors (Lipinski definition) is 2. The number of carboxylic acids is 1. The lowest BCUT2D eigenvalue weighted by molar-refractivity contribution is -0.138. The van der Waals surface area contributed by atoms with Crippen LogP contribution < -0.4 is 5.32 Å². The summed E-state index contributed by atoms with van der Waals surface area (Å²) < 4.78 is 0. The number of nitrogens with zero attached hydrogens (tertiary/aromatic N) is 1. The van der Waals surface area contributed by atoms with Crippen LogP contribution in [0.4, 0.5) is 4.79 Å². The van der Waals surface area contributed by atoms with Crippen molar-refractivity contribution in [3.8, 4) is 0 Å². The van der Waals surface area contributed by atoms with Crippen molar-refractivity contribution in [2.75, 3.05) is 13.1 Å². The molecule has 0 unspecified atom stereocenters. The summed E-state index contributed by atoms with van der Waals surface area (Å²) in [4.78, 5) is 24.8. The van der Waals surface area contributed by atoms with E-state index in [9.17, 15) is 9.59 Å². The minimum Gasteiger partial charge on any atom is -0.481 e. The van der Waals surface area contributed by atoms with Gasteiger partial charge in [-0.25, -0.2) is 4.79 Å². The molecule has 1 aliphatic carbocycles. The monoisotopic (exact) mass is 252 g/mol. The third-order valence-corrected chi connectivity index (χ3v) is 3.77. The molecule has 18 heavy (non-hydrogen) atoms. The van der Waals surface area contributed by atoms with Crippen molar-refractivity contribution in [3.05, 3.63) is 12.2 Å². The molecule has 5 nitrogen and oxygen atoms in total. The van der Waals surface area contributed by atoms with E-state index in [-0.39, 0.29) is 12.5 Å². The Labute approximate surface area is 107 Å². The zero-order valence-corrected chi connectivity index (χ0v) is 10.5. The lowest BCUT2D eigenvalue weighted by Crippen LogP contribution is -2.53. The number of urea groups is 1. The maximum absolute atomic E-state index is 12.1. The Balaban J connectivity index is 1.98. The van der Waals surface area contributed by atoms with Crippen molar-refractivity contribution in [2.24, 2.45) is 0 Å². The number of carbonyl (C=O) groups is 2. The zero-order chi connectivity index (χ0) is 13.0. The summed E-state index contributed by atoms with van der Waals surface area (Å²) in [6, 6.07) is -0.123. The number of nitrogens with one attached hydrogen (secondary N) is 1. The van der Waals surface area contributed by atoms with Crippen LogP contribution in [0.5, 0.6) is 0 Å². The van der Waals surface area contributed by atoms with E-state index in [1.807, 2.05) is 6.08 Å². The van der Waals surface area contributed by atoms with Gasteiger partial charge in [-0.2, -0.15) is 0 Å². The smallest absolute Gasteiger partial charge is 0.318 e. The van der Waals surface area contributed by atoms with E-state index in [0.29, 0.717) is 13.1 Å². The van der Waals surface area contributed by atoms with Crippen LogP contribution in [0.1, 0.15) is 38.5 Å². The molecule has 0 radical (unpaired) electrons. The van der Waals surface area contributed by atoms with Gasteiger partial charge in [0.1, 0.15) is 0 Å². The number of carbonyl (C=O) groups excluding carboxylic acids is 1. The van der Waals surface area contributed by atoms with Gasteiger partial charge >= 0.3 is 12.0 Å². The molecule has 1 saturated carbocycles. The van der Waals surface area contributed by atoms with Crippen molar-refractivity contribution in [1.82, 2.24) is 10.2 Å². The number of hydrogen-bond donors (Lipinski definition) is 2. The average Bonchev–Trinajstić information content (AvgIpc) is 2.77. The summed E-state index contributed by atoms with van der Waals surface area (Å²) >= 11 is 0. The predicted molar refractivity (Wildman–Crippen MR) is 67.3 cm³/mol. The Morgan fingerprint density at radius 1 is 1.28 bits per heavy atom. The molecular weight excluding hydrogens is 232 g/mol. The normalized spacial score (nSPS) is 21.9. The highest BCUT2D eigenvalue weighted by molar-refractivity contribution is 5.77. The van der Waals surface area contributed by atoms with Crippen LogP contribution in [0.2, 0.25) is 0 Å². The molecule has 0 spiro atoms. The van der Waals surface area contributed by atoms with Crippen LogP contribution in [0.25, 0.3) is 0 Å². The molecule has 1 aliphatic heterocycles. The molecule has 0 saturated heterocycles. The molecule has 1 heterocycles. The second-order valence-corrected chi connectivity index (χ2v) is 5.19. The van der Waals surface area contributed by atoms with E-state index in [0.717, 1.165) is 32.1 Å². The van der Waals surface area contributed by atoms with Crippen molar-refractivity contribution < 1.29 is 14.7 Å². The van der Waals surface area contributed by atoms with Gasteiger partial charge in [0.05, 0.1) is 12.0 Å². The molecule has 2 N–H and O–H groups in total. The molecule has 0 aromatic heterocycles. The Hall–Kier alpha value is -1.52. The van der Waals surface area contributed by atoms with Crippen LogP contribution in [-0.2, 0) is 4.79 Å². The summed E-state index contributed by atoms with van der Waals surface area (Å²) in [6.45, 7) is 1.33. The highest BCUT2D eigenvalue weighted by Gasteiger charge is 2.38. The van der Waals surface area contributed by atoms with Crippen LogP contribution in [0.15, 0.2) is 12.2 Å². The van der Waals surface area contributed by atoms with Gasteiger partial charge in [0.2, 0.25) is 0 Å². The van der Waals surface area contributed by atoms with Gasteiger partial charge in [-0.1, -0.05) is 25.0 Å². The molecule has 0 aromatic carbocycles. The summed E-state index contributed by atoms with van der Waals surface area (Å²) in [7, 11) is 0. The average molecular weight is 252 g/mol. The molecule has 2 rings (SSSR count). The third kappa shape index (κ3) is 3.03. The van der Waals surface area contributed by atoms with Crippen LogP contribution in [0, 0.1) is 0 Å². The van der Waals surface area contributed by atoms with Gasteiger partial charge in [-0.15, -0.1) is 0 Å². The van der Waals surface area contributed by atoms with E-state index in [1.54, 1.807) is 4.90 Å². The lowest BCUT2D eigenvalue weighted by atomic mass is 9.93. The number of amides is 2. The number of carboxylic acid groups (broad SMARTS) is 1. The van der Waals surface area contributed by atoms with E-state index in [1.165, 1.54) is 0 Å². The van der Waals surface area contributed by atoms with Gasteiger partial charge in [0, 0.05) is 13.1 Å². The minimum atomic E-state index is -0.837. The Kier molecular flexibility index (Phi) is 3.89. The highest BCUT2D eigenvalue weighted by Crippen LogP contribution is 2.32. The zero-order valence-electron chi connectivity index (χ0n) is 10.5. The van der Waals surface area contributed by atoms with Gasteiger partial charge in [-0.05, 0) is 19.3 Å². The van der Waals surface area contributed by atoms with Gasteiger partial charge in [0.15, 0.2) is 0 Å². The summed E-state index contributed by atoms with van der Waals surface area (Å²) in [5.74, 6) is -0.837. The second kappa shape index (κ2) is 5.42. The lowest BCUT2D eigenvalue weighted by Gasteiger charge is -2.33. The maximum Gasteiger partial charge on any atom is 0.318 e. The van der Waals surface area contributed by atoms with Crippen molar-refractivity contribution in [3.63, 3.8) is 0 Å². The molecule has 2 aliphatic rings. The fraction of sp³-hybridized carbons (Fsp3) is 0.692. The molecule has 5 heteroatoms. The van der Waals surface area contributed by atoms with Crippen molar-refractivity contribution in [2.45, 2.75) is 44.1 Å². The number of aliphatic carboxylic acids is 1. The van der Waals surface area contributed by atoms with Crippen LogP contribution in [-0.4, -0.2) is 40.6 Å². The number of rotatable bonds is 3. The fourth-order valence-corrected chi connectivity index (χ4v) is 2.82. The first-order chi connectivity index (χ1) is 8.61. The largest absolute Gasteiger partial charge is 0.481 e. The first-order valence-electron chi connectivity index (χ1n) is 6.55. The topological polar surface area (TPSA) is 69.6 Å². The summed E-state index contributed by atoms with van der Waals surface area (Å²) in [5, 5.41) is 12.0. The molecule has 100 valence electrons.